The summed E-state index contributed by atoms with van der Waals surface area (Å²) in [6.07, 6.45) is -4.70. The van der Waals surface area contributed by atoms with E-state index in [9.17, 15) is 21.6 Å². The number of anilines is 2. The third-order valence-corrected chi connectivity index (χ3v) is 3.55. The molecule has 1 aromatic rings. The third-order valence-electron chi connectivity index (χ3n) is 2.32. The topological polar surface area (TPSA) is 81.4 Å². The summed E-state index contributed by atoms with van der Waals surface area (Å²) in [5.41, 5.74) is 3.51. The standard InChI is InChI=1S/C11H15F3N2O3S/c1-2-19-5-6-20(17,18)16-10-4-3-8(15)7-9(10)11(12,13)14/h3-4,7,16H,2,5-6,15H2,1H3. The number of rotatable bonds is 6. The number of benzene rings is 1. The van der Waals surface area contributed by atoms with Gasteiger partial charge in [0.15, 0.2) is 0 Å². The molecule has 3 N–H and O–H groups in total. The van der Waals surface area contributed by atoms with Crippen LogP contribution in [0.1, 0.15) is 12.5 Å². The van der Waals surface area contributed by atoms with Gasteiger partial charge in [-0.1, -0.05) is 0 Å². The molecule has 0 aliphatic heterocycles. The van der Waals surface area contributed by atoms with Crippen molar-refractivity contribution in [1.82, 2.24) is 0 Å². The number of alkyl halides is 3. The molecular weight excluding hydrogens is 297 g/mol. The minimum atomic E-state index is -4.70. The fraction of sp³-hybridized carbons (Fsp3) is 0.455. The smallest absolute Gasteiger partial charge is 0.399 e. The Hall–Kier alpha value is -1.48. The van der Waals surface area contributed by atoms with Gasteiger partial charge in [0.25, 0.3) is 0 Å². The van der Waals surface area contributed by atoms with Crippen LogP contribution < -0.4 is 10.5 Å². The number of ether oxygens (including phenoxy) is 1. The van der Waals surface area contributed by atoms with E-state index in [4.69, 9.17) is 10.5 Å². The van der Waals surface area contributed by atoms with Crippen molar-refractivity contribution in [2.75, 3.05) is 29.4 Å². The molecule has 0 radical (unpaired) electrons. The maximum absolute atomic E-state index is 12.8. The molecule has 0 amide bonds. The largest absolute Gasteiger partial charge is 0.418 e. The third kappa shape index (κ3) is 4.89. The van der Waals surface area contributed by atoms with Gasteiger partial charge in [-0.25, -0.2) is 8.42 Å². The normalized spacial score (nSPS) is 12.4. The molecule has 1 aromatic carbocycles. The van der Waals surface area contributed by atoms with Crippen LogP contribution in [0.15, 0.2) is 18.2 Å². The van der Waals surface area contributed by atoms with Gasteiger partial charge >= 0.3 is 6.18 Å². The van der Waals surface area contributed by atoms with Gasteiger partial charge in [0.2, 0.25) is 10.0 Å². The zero-order valence-corrected chi connectivity index (χ0v) is 11.5. The minimum Gasteiger partial charge on any atom is -0.399 e. The van der Waals surface area contributed by atoms with Gasteiger partial charge in [-0.2, -0.15) is 13.2 Å². The fourth-order valence-electron chi connectivity index (χ4n) is 1.42. The zero-order chi connectivity index (χ0) is 15.4. The molecule has 114 valence electrons. The Balaban J connectivity index is 2.98. The molecule has 0 saturated heterocycles. The van der Waals surface area contributed by atoms with E-state index in [0.29, 0.717) is 12.7 Å². The fourth-order valence-corrected chi connectivity index (χ4v) is 2.37. The van der Waals surface area contributed by atoms with Crippen molar-refractivity contribution in [2.45, 2.75) is 13.1 Å². The molecule has 1 rings (SSSR count). The van der Waals surface area contributed by atoms with Gasteiger partial charge in [0, 0.05) is 12.3 Å². The van der Waals surface area contributed by atoms with Crippen LogP contribution in [0.25, 0.3) is 0 Å². The van der Waals surface area contributed by atoms with Gasteiger partial charge in [0.1, 0.15) is 0 Å². The van der Waals surface area contributed by atoms with E-state index < -0.39 is 33.2 Å². The Bertz CT molecular complexity index is 559. The molecule has 0 aliphatic carbocycles. The van der Waals surface area contributed by atoms with Crippen LogP contribution in [0.5, 0.6) is 0 Å². The summed E-state index contributed by atoms with van der Waals surface area (Å²) in [4.78, 5) is 0. The number of hydrogen-bond donors (Lipinski definition) is 2. The Morgan fingerprint density at radius 2 is 2.00 bits per heavy atom. The summed E-state index contributed by atoms with van der Waals surface area (Å²) in [5.74, 6) is -0.428. The van der Waals surface area contributed by atoms with Crippen molar-refractivity contribution in [3.63, 3.8) is 0 Å². The monoisotopic (exact) mass is 312 g/mol. The molecule has 0 heterocycles. The molecule has 20 heavy (non-hydrogen) atoms. The minimum absolute atomic E-state index is 0.0951. The highest BCUT2D eigenvalue weighted by molar-refractivity contribution is 7.92. The molecule has 0 unspecified atom stereocenters. The Morgan fingerprint density at radius 3 is 2.55 bits per heavy atom. The Labute approximate surface area is 115 Å². The van der Waals surface area contributed by atoms with E-state index in [1.807, 2.05) is 4.72 Å². The van der Waals surface area contributed by atoms with Crippen LogP contribution in [0.2, 0.25) is 0 Å². The zero-order valence-electron chi connectivity index (χ0n) is 10.7. The van der Waals surface area contributed by atoms with Gasteiger partial charge in [-0.3, -0.25) is 4.72 Å². The van der Waals surface area contributed by atoms with E-state index in [1.165, 1.54) is 6.07 Å². The van der Waals surface area contributed by atoms with Gasteiger partial charge in [0.05, 0.1) is 23.6 Å². The first kappa shape index (κ1) is 16.6. The lowest BCUT2D eigenvalue weighted by Gasteiger charge is -2.15. The molecule has 0 fully saturated rings. The van der Waals surface area contributed by atoms with Gasteiger partial charge < -0.3 is 10.5 Å². The van der Waals surface area contributed by atoms with Crippen LogP contribution >= 0.6 is 0 Å². The van der Waals surface area contributed by atoms with E-state index in [0.717, 1.165) is 6.07 Å². The average Bonchev–Trinajstić information content (AvgIpc) is 2.30. The van der Waals surface area contributed by atoms with Crippen molar-refractivity contribution in [3.8, 4) is 0 Å². The van der Waals surface area contributed by atoms with Crippen molar-refractivity contribution in [2.24, 2.45) is 0 Å². The van der Waals surface area contributed by atoms with Crippen LogP contribution in [0.3, 0.4) is 0 Å². The number of hydrogen-bond acceptors (Lipinski definition) is 4. The highest BCUT2D eigenvalue weighted by Gasteiger charge is 2.34. The SMILES string of the molecule is CCOCCS(=O)(=O)Nc1ccc(N)cc1C(F)(F)F. The van der Waals surface area contributed by atoms with Crippen molar-refractivity contribution < 1.29 is 26.3 Å². The predicted octanol–water partition coefficient (Wildman–Crippen LogP) is 2.07. The van der Waals surface area contributed by atoms with Crippen molar-refractivity contribution in [1.29, 1.82) is 0 Å². The highest BCUT2D eigenvalue weighted by Crippen LogP contribution is 2.36. The first-order chi connectivity index (χ1) is 9.15. The quantitative estimate of drug-likeness (QED) is 0.622. The molecule has 9 heteroatoms. The van der Waals surface area contributed by atoms with E-state index in [1.54, 1.807) is 6.92 Å². The van der Waals surface area contributed by atoms with Crippen molar-refractivity contribution in [3.05, 3.63) is 23.8 Å². The lowest BCUT2D eigenvalue weighted by molar-refractivity contribution is -0.136. The number of nitrogen functional groups attached to an aromatic ring is 1. The molecule has 0 bridgehead atoms. The van der Waals surface area contributed by atoms with Crippen LogP contribution in [0, 0.1) is 0 Å². The number of nitrogens with two attached hydrogens (primary N) is 1. The van der Waals surface area contributed by atoms with Crippen LogP contribution in [-0.2, 0) is 20.9 Å². The lowest BCUT2D eigenvalue weighted by atomic mass is 10.1. The summed E-state index contributed by atoms with van der Waals surface area (Å²) >= 11 is 0. The number of nitrogens with one attached hydrogen (secondary N) is 1. The molecule has 0 aromatic heterocycles. The van der Waals surface area contributed by atoms with Crippen LogP contribution in [0.4, 0.5) is 24.5 Å². The first-order valence-corrected chi connectivity index (χ1v) is 7.36. The number of sulfonamides is 1. The second-order valence-electron chi connectivity index (χ2n) is 3.92. The second kappa shape index (κ2) is 6.31. The highest BCUT2D eigenvalue weighted by atomic mass is 32.2. The van der Waals surface area contributed by atoms with Gasteiger partial charge in [-0.15, -0.1) is 0 Å². The predicted molar refractivity (Wildman–Crippen MR) is 69.8 cm³/mol. The number of halogens is 3. The Kier molecular flexibility index (Phi) is 5.23. The summed E-state index contributed by atoms with van der Waals surface area (Å²) in [7, 11) is -3.92. The second-order valence-corrected chi connectivity index (χ2v) is 5.76. The van der Waals surface area contributed by atoms with E-state index >= 15 is 0 Å². The van der Waals surface area contributed by atoms with Gasteiger partial charge in [-0.05, 0) is 25.1 Å². The maximum atomic E-state index is 12.8. The molecule has 0 atom stereocenters. The Morgan fingerprint density at radius 1 is 1.35 bits per heavy atom. The first-order valence-electron chi connectivity index (χ1n) is 5.70. The van der Waals surface area contributed by atoms with E-state index in [2.05, 4.69) is 0 Å². The maximum Gasteiger partial charge on any atom is 0.418 e. The lowest BCUT2D eigenvalue weighted by Crippen LogP contribution is -2.22. The summed E-state index contributed by atoms with van der Waals surface area (Å²) in [5, 5.41) is 0. The molecule has 0 saturated carbocycles. The molecule has 0 spiro atoms. The molecular formula is C11H15F3N2O3S. The van der Waals surface area contributed by atoms with Crippen LogP contribution in [-0.4, -0.2) is 27.4 Å². The summed E-state index contributed by atoms with van der Waals surface area (Å²) < 4.78 is 68.4. The summed E-state index contributed by atoms with van der Waals surface area (Å²) in [6, 6.07) is 2.85. The average molecular weight is 312 g/mol. The van der Waals surface area contributed by atoms with Crippen molar-refractivity contribution >= 4 is 21.4 Å². The molecule has 5 nitrogen and oxygen atoms in total. The van der Waals surface area contributed by atoms with E-state index in [-0.39, 0.29) is 12.3 Å². The molecule has 0 aliphatic rings. The summed E-state index contributed by atoms with van der Waals surface area (Å²) in [6.45, 7) is 1.91.